The summed E-state index contributed by atoms with van der Waals surface area (Å²) in [6, 6.07) is 6.43. The van der Waals surface area contributed by atoms with Crippen molar-refractivity contribution in [3.8, 4) is 5.75 Å². The van der Waals surface area contributed by atoms with Gasteiger partial charge in [-0.15, -0.1) is 11.3 Å². The van der Waals surface area contributed by atoms with Crippen LogP contribution in [0.5, 0.6) is 5.75 Å². The fraction of sp³-hybridized carbons (Fsp3) is 0.400. The topological polar surface area (TPSA) is 34.1 Å². The number of benzene rings is 1. The SMILES string of the molecule is Cc1cc(OCc2ncc(CNC3CC3)s2)ccc1Cl. The van der Waals surface area contributed by atoms with E-state index in [1.165, 1.54) is 17.7 Å². The third-order valence-electron chi connectivity index (χ3n) is 3.24. The minimum atomic E-state index is 0.509. The fourth-order valence-corrected chi connectivity index (χ4v) is 2.79. The Morgan fingerprint density at radius 1 is 1.45 bits per heavy atom. The first kappa shape index (κ1) is 13.9. The van der Waals surface area contributed by atoms with Crippen LogP contribution in [0.4, 0.5) is 0 Å². The quantitative estimate of drug-likeness (QED) is 0.878. The van der Waals surface area contributed by atoms with E-state index in [9.17, 15) is 0 Å². The summed E-state index contributed by atoms with van der Waals surface area (Å²) in [7, 11) is 0. The first-order valence-electron chi connectivity index (χ1n) is 6.76. The molecule has 1 N–H and O–H groups in total. The largest absolute Gasteiger partial charge is 0.486 e. The van der Waals surface area contributed by atoms with Crippen molar-refractivity contribution in [3.63, 3.8) is 0 Å². The molecule has 0 saturated heterocycles. The molecule has 0 radical (unpaired) electrons. The summed E-state index contributed by atoms with van der Waals surface area (Å²) < 4.78 is 5.75. The van der Waals surface area contributed by atoms with Crippen molar-refractivity contribution in [2.75, 3.05) is 0 Å². The van der Waals surface area contributed by atoms with Gasteiger partial charge in [-0.05, 0) is 43.5 Å². The Balaban J connectivity index is 1.53. The van der Waals surface area contributed by atoms with Crippen LogP contribution in [-0.4, -0.2) is 11.0 Å². The summed E-state index contributed by atoms with van der Waals surface area (Å²) >= 11 is 7.70. The summed E-state index contributed by atoms with van der Waals surface area (Å²) in [5.41, 5.74) is 1.03. The molecule has 1 saturated carbocycles. The van der Waals surface area contributed by atoms with E-state index in [0.29, 0.717) is 6.61 Å². The lowest BCUT2D eigenvalue weighted by molar-refractivity contribution is 0.305. The molecule has 0 amide bonds. The standard InChI is InChI=1S/C15H17ClN2OS/c1-10-6-12(4-5-14(10)16)19-9-15-18-8-13(20-15)7-17-11-2-3-11/h4-6,8,11,17H,2-3,7,9H2,1H3. The summed E-state index contributed by atoms with van der Waals surface area (Å²) in [6.45, 7) is 3.40. The number of nitrogens with zero attached hydrogens (tertiary/aromatic N) is 1. The maximum absolute atomic E-state index is 5.99. The second-order valence-corrected chi connectivity index (χ2v) is 6.68. The lowest BCUT2D eigenvalue weighted by Gasteiger charge is -2.05. The first-order valence-corrected chi connectivity index (χ1v) is 7.96. The number of aromatic nitrogens is 1. The number of aryl methyl sites for hydroxylation is 1. The summed E-state index contributed by atoms with van der Waals surface area (Å²) in [6.07, 6.45) is 4.56. The molecule has 0 aliphatic heterocycles. The molecule has 2 aromatic rings. The highest BCUT2D eigenvalue weighted by molar-refractivity contribution is 7.11. The Kier molecular flexibility index (Phi) is 4.24. The van der Waals surface area contributed by atoms with Gasteiger partial charge >= 0.3 is 0 Å². The van der Waals surface area contributed by atoms with Gasteiger partial charge in [0, 0.05) is 28.7 Å². The van der Waals surface area contributed by atoms with Gasteiger partial charge in [0.1, 0.15) is 17.4 Å². The Morgan fingerprint density at radius 3 is 3.05 bits per heavy atom. The van der Waals surface area contributed by atoms with Gasteiger partial charge < -0.3 is 10.1 Å². The highest BCUT2D eigenvalue weighted by atomic mass is 35.5. The first-order chi connectivity index (χ1) is 9.70. The maximum Gasteiger partial charge on any atom is 0.140 e. The molecule has 20 heavy (non-hydrogen) atoms. The lowest BCUT2D eigenvalue weighted by atomic mass is 10.2. The second kappa shape index (κ2) is 6.12. The molecular weight excluding hydrogens is 292 g/mol. The highest BCUT2D eigenvalue weighted by Gasteiger charge is 2.20. The zero-order valence-corrected chi connectivity index (χ0v) is 12.9. The molecule has 3 nitrogen and oxygen atoms in total. The Bertz CT molecular complexity index is 595. The van der Waals surface area contributed by atoms with E-state index < -0.39 is 0 Å². The van der Waals surface area contributed by atoms with Crippen molar-refractivity contribution in [2.45, 2.75) is 39.0 Å². The normalized spacial score (nSPS) is 14.5. The third kappa shape index (κ3) is 3.72. The monoisotopic (exact) mass is 308 g/mol. The van der Waals surface area contributed by atoms with Gasteiger partial charge in [0.15, 0.2) is 0 Å². The van der Waals surface area contributed by atoms with Crippen LogP contribution >= 0.6 is 22.9 Å². The van der Waals surface area contributed by atoms with Crippen LogP contribution in [0.1, 0.15) is 28.3 Å². The van der Waals surface area contributed by atoms with E-state index in [4.69, 9.17) is 16.3 Å². The summed E-state index contributed by atoms with van der Waals surface area (Å²) in [5, 5.41) is 5.26. The third-order valence-corrected chi connectivity index (χ3v) is 4.63. The predicted molar refractivity (Wildman–Crippen MR) is 82.5 cm³/mol. The molecule has 0 spiro atoms. The molecule has 5 heteroatoms. The summed E-state index contributed by atoms with van der Waals surface area (Å²) in [4.78, 5) is 5.66. The highest BCUT2D eigenvalue weighted by Crippen LogP contribution is 2.23. The minimum Gasteiger partial charge on any atom is -0.486 e. The molecule has 1 aliphatic rings. The van der Waals surface area contributed by atoms with E-state index in [0.717, 1.165) is 33.9 Å². The number of halogens is 1. The number of rotatable bonds is 6. The van der Waals surface area contributed by atoms with Gasteiger partial charge in [0.2, 0.25) is 0 Å². The molecule has 3 rings (SSSR count). The smallest absolute Gasteiger partial charge is 0.140 e. The van der Waals surface area contributed by atoms with E-state index in [1.807, 2.05) is 31.3 Å². The van der Waals surface area contributed by atoms with E-state index >= 15 is 0 Å². The van der Waals surface area contributed by atoms with Gasteiger partial charge in [-0.3, -0.25) is 0 Å². The van der Waals surface area contributed by atoms with E-state index in [-0.39, 0.29) is 0 Å². The molecule has 1 aromatic heterocycles. The number of ether oxygens (including phenoxy) is 1. The number of thiazole rings is 1. The number of hydrogen-bond donors (Lipinski definition) is 1. The molecular formula is C15H17ClN2OS. The number of nitrogens with one attached hydrogen (secondary N) is 1. The van der Waals surface area contributed by atoms with E-state index in [2.05, 4.69) is 10.3 Å². The average molecular weight is 309 g/mol. The zero-order valence-electron chi connectivity index (χ0n) is 11.4. The number of hydrogen-bond acceptors (Lipinski definition) is 4. The molecule has 106 valence electrons. The minimum absolute atomic E-state index is 0.509. The van der Waals surface area contributed by atoms with Crippen molar-refractivity contribution in [1.82, 2.24) is 10.3 Å². The van der Waals surface area contributed by atoms with Crippen molar-refractivity contribution in [2.24, 2.45) is 0 Å². The van der Waals surface area contributed by atoms with Crippen molar-refractivity contribution < 1.29 is 4.74 Å². The molecule has 1 aliphatic carbocycles. The van der Waals surface area contributed by atoms with Crippen LogP contribution in [0, 0.1) is 6.92 Å². The van der Waals surface area contributed by atoms with Gasteiger partial charge in [-0.2, -0.15) is 0 Å². The van der Waals surface area contributed by atoms with Gasteiger partial charge in [-0.1, -0.05) is 11.6 Å². The summed E-state index contributed by atoms with van der Waals surface area (Å²) in [5.74, 6) is 0.833. The van der Waals surface area contributed by atoms with E-state index in [1.54, 1.807) is 11.3 Å². The molecule has 1 aromatic carbocycles. The Morgan fingerprint density at radius 2 is 2.30 bits per heavy atom. The van der Waals surface area contributed by atoms with Crippen LogP contribution < -0.4 is 10.1 Å². The lowest BCUT2D eigenvalue weighted by Crippen LogP contribution is -2.14. The van der Waals surface area contributed by atoms with Crippen molar-refractivity contribution >= 4 is 22.9 Å². The van der Waals surface area contributed by atoms with Crippen LogP contribution in [-0.2, 0) is 13.2 Å². The molecule has 0 atom stereocenters. The Hall–Kier alpha value is -1.10. The molecule has 1 fully saturated rings. The maximum atomic E-state index is 5.99. The average Bonchev–Trinajstić information content (AvgIpc) is 3.16. The van der Waals surface area contributed by atoms with Crippen LogP contribution in [0.25, 0.3) is 0 Å². The zero-order chi connectivity index (χ0) is 13.9. The van der Waals surface area contributed by atoms with Crippen LogP contribution in [0.3, 0.4) is 0 Å². The second-order valence-electron chi connectivity index (χ2n) is 5.08. The fourth-order valence-electron chi connectivity index (χ4n) is 1.88. The van der Waals surface area contributed by atoms with Crippen molar-refractivity contribution in [1.29, 1.82) is 0 Å². The molecule has 0 bridgehead atoms. The molecule has 0 unspecified atom stereocenters. The van der Waals surface area contributed by atoms with Gasteiger partial charge in [0.25, 0.3) is 0 Å². The van der Waals surface area contributed by atoms with Gasteiger partial charge in [-0.25, -0.2) is 4.98 Å². The van der Waals surface area contributed by atoms with Crippen LogP contribution in [0.15, 0.2) is 24.4 Å². The Labute approximate surface area is 127 Å². The predicted octanol–water partition coefficient (Wildman–Crippen LogP) is 3.94. The van der Waals surface area contributed by atoms with Gasteiger partial charge in [0.05, 0.1) is 0 Å². The molecule has 1 heterocycles. The van der Waals surface area contributed by atoms with Crippen molar-refractivity contribution in [3.05, 3.63) is 44.9 Å². The van der Waals surface area contributed by atoms with Crippen LogP contribution in [0.2, 0.25) is 5.02 Å².